The van der Waals surface area contributed by atoms with Crippen LogP contribution in [0.15, 0.2) is 11.2 Å². The van der Waals surface area contributed by atoms with E-state index in [1.165, 1.54) is 11.8 Å². The van der Waals surface area contributed by atoms with Crippen molar-refractivity contribution in [2.75, 3.05) is 12.4 Å². The fraction of sp³-hybridized carbons (Fsp3) is 0.550. The van der Waals surface area contributed by atoms with Gasteiger partial charge in [0.05, 0.1) is 11.9 Å². The number of hydrogen-bond acceptors (Lipinski definition) is 5. The summed E-state index contributed by atoms with van der Waals surface area (Å²) in [5.74, 6) is 0.479. The smallest absolute Gasteiger partial charge is 0.188 e. The molecule has 1 saturated heterocycles. The van der Waals surface area contributed by atoms with Crippen molar-refractivity contribution in [3.63, 3.8) is 0 Å². The molecule has 1 aliphatic heterocycles. The van der Waals surface area contributed by atoms with Crippen LogP contribution in [0.5, 0.6) is 0 Å². The maximum Gasteiger partial charge on any atom is 0.188 e. The number of Topliss-reactive ketones (excluding diaryl/α,β-unsaturated/α-hetero) is 1. The van der Waals surface area contributed by atoms with Gasteiger partial charge in [-0.05, 0) is 59.1 Å². The minimum absolute atomic E-state index is 0.126. The lowest BCUT2D eigenvalue weighted by molar-refractivity contribution is 0.0957. The zero-order valence-electron chi connectivity index (χ0n) is 16.3. The first-order chi connectivity index (χ1) is 12.4. The molecular formula is C20H27N3O2S. The van der Waals surface area contributed by atoms with Gasteiger partial charge in [-0.15, -0.1) is 0 Å². The van der Waals surface area contributed by atoms with Crippen molar-refractivity contribution in [3.8, 4) is 0 Å². The Morgan fingerprint density at radius 3 is 2.54 bits per heavy atom. The van der Waals surface area contributed by atoms with Crippen molar-refractivity contribution >= 4 is 17.5 Å². The van der Waals surface area contributed by atoms with Crippen LogP contribution in [0.25, 0.3) is 0 Å². The standard InChI is InChI=1S/C20H27N3O2S/c1-12-9-18(16(5)23(12)10-17-7-6-8-25-17)19(24)11-26-20-21-14(3)13(2)15(4)22-20/h9,17H,6-8,10-11H2,1-5H3/t17-/m0/s1. The molecule has 3 rings (SSSR count). The molecule has 0 unspecified atom stereocenters. The van der Waals surface area contributed by atoms with Crippen LogP contribution in [0.4, 0.5) is 0 Å². The van der Waals surface area contributed by atoms with E-state index in [4.69, 9.17) is 4.74 Å². The third-order valence-electron chi connectivity index (χ3n) is 5.23. The van der Waals surface area contributed by atoms with Gasteiger partial charge in [-0.25, -0.2) is 9.97 Å². The van der Waals surface area contributed by atoms with E-state index < -0.39 is 0 Å². The van der Waals surface area contributed by atoms with E-state index in [9.17, 15) is 4.79 Å². The van der Waals surface area contributed by atoms with Gasteiger partial charge in [0, 0.05) is 41.5 Å². The van der Waals surface area contributed by atoms with E-state index in [0.29, 0.717) is 10.9 Å². The van der Waals surface area contributed by atoms with Crippen LogP contribution in [0, 0.1) is 34.6 Å². The molecule has 2 aromatic rings. The maximum absolute atomic E-state index is 12.8. The quantitative estimate of drug-likeness (QED) is 0.436. The molecule has 0 saturated carbocycles. The fourth-order valence-electron chi connectivity index (χ4n) is 3.37. The second-order valence-electron chi connectivity index (χ2n) is 7.04. The topological polar surface area (TPSA) is 57.0 Å². The van der Waals surface area contributed by atoms with Crippen molar-refractivity contribution in [2.45, 2.75) is 65.3 Å². The molecule has 0 aliphatic carbocycles. The molecular weight excluding hydrogens is 346 g/mol. The number of rotatable bonds is 6. The third kappa shape index (κ3) is 4.01. The number of ether oxygens (including phenoxy) is 1. The second-order valence-corrected chi connectivity index (χ2v) is 7.99. The summed E-state index contributed by atoms with van der Waals surface area (Å²) < 4.78 is 7.96. The highest BCUT2D eigenvalue weighted by Crippen LogP contribution is 2.23. The molecule has 0 aromatic carbocycles. The van der Waals surface area contributed by atoms with Gasteiger partial charge in [-0.3, -0.25) is 4.79 Å². The van der Waals surface area contributed by atoms with Crippen LogP contribution in [-0.2, 0) is 11.3 Å². The highest BCUT2D eigenvalue weighted by atomic mass is 32.2. The summed E-state index contributed by atoms with van der Waals surface area (Å²) >= 11 is 1.41. The first-order valence-corrected chi connectivity index (χ1v) is 10.1. The van der Waals surface area contributed by atoms with E-state index in [0.717, 1.165) is 59.9 Å². The van der Waals surface area contributed by atoms with Crippen LogP contribution in [0.1, 0.15) is 51.5 Å². The lowest BCUT2D eigenvalue weighted by atomic mass is 10.2. The minimum Gasteiger partial charge on any atom is -0.376 e. The van der Waals surface area contributed by atoms with Crippen LogP contribution < -0.4 is 0 Å². The highest BCUT2D eigenvalue weighted by molar-refractivity contribution is 7.99. The number of aryl methyl sites for hydroxylation is 3. The Labute approximate surface area is 159 Å². The Morgan fingerprint density at radius 2 is 1.92 bits per heavy atom. The van der Waals surface area contributed by atoms with Gasteiger partial charge < -0.3 is 9.30 Å². The van der Waals surface area contributed by atoms with Gasteiger partial charge >= 0.3 is 0 Å². The molecule has 0 amide bonds. The van der Waals surface area contributed by atoms with Gasteiger partial charge in [0.15, 0.2) is 10.9 Å². The first kappa shape index (κ1) is 19.1. The van der Waals surface area contributed by atoms with E-state index >= 15 is 0 Å². The lowest BCUT2D eigenvalue weighted by Gasteiger charge is -2.14. The average Bonchev–Trinajstić information content (AvgIpc) is 3.21. The molecule has 1 aliphatic rings. The van der Waals surface area contributed by atoms with Crippen LogP contribution in [-0.4, -0.2) is 38.8 Å². The van der Waals surface area contributed by atoms with Crippen LogP contribution >= 0.6 is 11.8 Å². The third-order valence-corrected chi connectivity index (χ3v) is 6.08. The molecule has 5 nitrogen and oxygen atoms in total. The van der Waals surface area contributed by atoms with Crippen molar-refractivity contribution < 1.29 is 9.53 Å². The molecule has 6 heteroatoms. The van der Waals surface area contributed by atoms with Crippen molar-refractivity contribution in [1.82, 2.24) is 14.5 Å². The number of carbonyl (C=O) groups excluding carboxylic acids is 1. The number of thioether (sulfide) groups is 1. The monoisotopic (exact) mass is 373 g/mol. The zero-order chi connectivity index (χ0) is 18.8. The first-order valence-electron chi connectivity index (χ1n) is 9.13. The largest absolute Gasteiger partial charge is 0.376 e. The zero-order valence-corrected chi connectivity index (χ0v) is 17.1. The summed E-state index contributed by atoms with van der Waals surface area (Å²) in [6.45, 7) is 11.7. The Kier molecular flexibility index (Phi) is 5.82. The molecule has 26 heavy (non-hydrogen) atoms. The van der Waals surface area contributed by atoms with Gasteiger partial charge in [-0.1, -0.05) is 11.8 Å². The summed E-state index contributed by atoms with van der Waals surface area (Å²) in [4.78, 5) is 21.7. The Balaban J connectivity index is 1.70. The second kappa shape index (κ2) is 7.92. The van der Waals surface area contributed by atoms with Gasteiger partial charge in [-0.2, -0.15) is 0 Å². The number of carbonyl (C=O) groups is 1. The Bertz CT molecular complexity index is 800. The van der Waals surface area contributed by atoms with Crippen LogP contribution in [0.3, 0.4) is 0 Å². The molecule has 1 atom stereocenters. The SMILES string of the molecule is Cc1nc(SCC(=O)c2cc(C)n(C[C@@H]3CCCO3)c2C)nc(C)c1C. The molecule has 140 valence electrons. The van der Waals surface area contributed by atoms with E-state index in [1.807, 2.05) is 33.8 Å². The maximum atomic E-state index is 12.8. The fourth-order valence-corrected chi connectivity index (χ4v) is 4.19. The number of hydrogen-bond donors (Lipinski definition) is 0. The van der Waals surface area contributed by atoms with Crippen molar-refractivity contribution in [1.29, 1.82) is 0 Å². The van der Waals surface area contributed by atoms with Crippen LogP contribution in [0.2, 0.25) is 0 Å². The summed E-state index contributed by atoms with van der Waals surface area (Å²) in [7, 11) is 0. The molecule has 3 heterocycles. The number of nitrogens with zero attached hydrogens (tertiary/aromatic N) is 3. The van der Waals surface area contributed by atoms with Crippen molar-refractivity contribution in [2.24, 2.45) is 0 Å². The summed E-state index contributed by atoms with van der Waals surface area (Å²) in [6, 6.07) is 2.00. The summed E-state index contributed by atoms with van der Waals surface area (Å²) in [5.41, 5.74) is 6.00. The van der Waals surface area contributed by atoms with Gasteiger partial charge in [0.1, 0.15) is 0 Å². The summed E-state index contributed by atoms with van der Waals surface area (Å²) in [6.07, 6.45) is 2.49. The molecule has 0 bridgehead atoms. The molecule has 1 fully saturated rings. The number of aromatic nitrogens is 3. The molecule has 0 N–H and O–H groups in total. The normalized spacial score (nSPS) is 17.0. The predicted octanol–water partition coefficient (Wildman–Crippen LogP) is 3.97. The van der Waals surface area contributed by atoms with E-state index in [2.05, 4.69) is 21.5 Å². The molecule has 0 radical (unpaired) electrons. The predicted molar refractivity (Wildman–Crippen MR) is 104 cm³/mol. The Morgan fingerprint density at radius 1 is 1.23 bits per heavy atom. The van der Waals surface area contributed by atoms with E-state index in [-0.39, 0.29) is 11.9 Å². The summed E-state index contributed by atoms with van der Waals surface area (Å²) in [5, 5.41) is 0.673. The lowest BCUT2D eigenvalue weighted by Crippen LogP contribution is -2.17. The number of ketones is 1. The average molecular weight is 374 g/mol. The van der Waals surface area contributed by atoms with Crippen molar-refractivity contribution in [3.05, 3.63) is 40.0 Å². The Hall–Kier alpha value is -1.66. The van der Waals surface area contributed by atoms with Gasteiger partial charge in [0.2, 0.25) is 0 Å². The van der Waals surface area contributed by atoms with E-state index in [1.54, 1.807) is 0 Å². The van der Waals surface area contributed by atoms with Gasteiger partial charge in [0.25, 0.3) is 0 Å². The molecule has 0 spiro atoms. The minimum atomic E-state index is 0.126. The highest BCUT2D eigenvalue weighted by Gasteiger charge is 2.21. The molecule has 2 aromatic heterocycles.